The fraction of sp³-hybridized carbons (Fsp3) is 0.273. The van der Waals surface area contributed by atoms with Crippen molar-refractivity contribution < 1.29 is 13.6 Å². The Bertz CT molecular complexity index is 384. The first kappa shape index (κ1) is 9.34. The molecule has 1 fully saturated rings. The number of rotatable bonds is 1. The van der Waals surface area contributed by atoms with Crippen LogP contribution in [0, 0.1) is 0 Å². The van der Waals surface area contributed by atoms with Crippen molar-refractivity contribution in [1.29, 1.82) is 0 Å². The van der Waals surface area contributed by atoms with Gasteiger partial charge >= 0.3 is 88.2 Å². The molecule has 0 aliphatic carbocycles. The Labute approximate surface area is 88.8 Å². The zero-order valence-electron chi connectivity index (χ0n) is 8.33. The van der Waals surface area contributed by atoms with E-state index in [2.05, 4.69) is 0 Å². The first-order valence-corrected chi connectivity index (χ1v) is 7.23. The summed E-state index contributed by atoms with van der Waals surface area (Å²) in [6.07, 6.45) is 4.42. The molecule has 0 N–H and O–H groups in total. The van der Waals surface area contributed by atoms with Crippen LogP contribution >= 0.6 is 7.28 Å². The molecule has 0 aromatic heterocycles. The molecule has 2 aliphatic rings. The van der Waals surface area contributed by atoms with Gasteiger partial charge < -0.3 is 0 Å². The molecule has 4 heteroatoms. The van der Waals surface area contributed by atoms with Crippen LogP contribution in [0.5, 0.6) is 0 Å². The van der Waals surface area contributed by atoms with Crippen LogP contribution in [0.1, 0.15) is 0 Å². The predicted molar refractivity (Wildman–Crippen MR) is 60.0 cm³/mol. The van der Waals surface area contributed by atoms with Crippen molar-refractivity contribution in [3.05, 3.63) is 42.7 Å². The van der Waals surface area contributed by atoms with E-state index in [1.165, 1.54) is 0 Å². The summed E-state index contributed by atoms with van der Waals surface area (Å²) < 4.78 is 17.6. The minimum absolute atomic E-state index is 0.619. The van der Waals surface area contributed by atoms with E-state index in [0.29, 0.717) is 13.2 Å². The summed E-state index contributed by atoms with van der Waals surface area (Å²) in [6, 6.07) is 10.0. The number of allylic oxidation sites excluding steroid dienone is 1. The molecule has 3 rings (SSSR count). The predicted octanol–water partition coefficient (Wildman–Crippen LogP) is 2.20. The molecular formula is C11H13O3P. The van der Waals surface area contributed by atoms with Crippen molar-refractivity contribution in [2.24, 2.45) is 0 Å². The van der Waals surface area contributed by atoms with Crippen LogP contribution in [0.4, 0.5) is 0 Å². The normalized spacial score (nSPS) is 28.4. The Morgan fingerprint density at radius 3 is 2.33 bits per heavy atom. The molecule has 2 aliphatic heterocycles. The van der Waals surface area contributed by atoms with E-state index < -0.39 is 7.28 Å². The van der Waals surface area contributed by atoms with Gasteiger partial charge in [-0.2, -0.15) is 0 Å². The van der Waals surface area contributed by atoms with Gasteiger partial charge in [0.15, 0.2) is 0 Å². The number of benzene rings is 1. The third kappa shape index (κ3) is 1.18. The third-order valence-electron chi connectivity index (χ3n) is 2.83. The van der Waals surface area contributed by atoms with Crippen LogP contribution in [-0.4, -0.2) is 19.4 Å². The summed E-state index contributed by atoms with van der Waals surface area (Å²) in [5.41, 5.74) is 0. The minimum atomic E-state index is -2.98. The van der Waals surface area contributed by atoms with Crippen LogP contribution < -0.4 is 5.30 Å². The SMILES string of the molecule is C1=COP2(c3ccccc3)(C1)OCCO2. The van der Waals surface area contributed by atoms with Gasteiger partial charge in [0.1, 0.15) is 0 Å². The fourth-order valence-electron chi connectivity index (χ4n) is 2.11. The molecule has 1 aromatic carbocycles. The second-order valence-corrected chi connectivity index (χ2v) is 7.40. The molecule has 1 aromatic rings. The van der Waals surface area contributed by atoms with Gasteiger partial charge in [0.25, 0.3) is 0 Å². The van der Waals surface area contributed by atoms with Gasteiger partial charge in [-0.15, -0.1) is 0 Å². The van der Waals surface area contributed by atoms with Gasteiger partial charge in [-0.25, -0.2) is 0 Å². The summed E-state index contributed by atoms with van der Waals surface area (Å²) in [6.45, 7) is 1.24. The fourth-order valence-corrected chi connectivity index (χ4v) is 5.65. The molecule has 1 spiro atoms. The Balaban J connectivity index is 2.13. The molecule has 0 bridgehead atoms. The quantitative estimate of drug-likeness (QED) is 0.684. The molecule has 1 saturated heterocycles. The summed E-state index contributed by atoms with van der Waals surface area (Å²) in [5, 5.41) is 1.05. The zero-order chi connectivity index (χ0) is 10.2. The van der Waals surface area contributed by atoms with Crippen molar-refractivity contribution in [1.82, 2.24) is 0 Å². The van der Waals surface area contributed by atoms with Gasteiger partial charge in [0, 0.05) is 0 Å². The monoisotopic (exact) mass is 224 g/mol. The van der Waals surface area contributed by atoms with Gasteiger partial charge in [-0.1, -0.05) is 0 Å². The van der Waals surface area contributed by atoms with E-state index in [0.717, 1.165) is 11.5 Å². The van der Waals surface area contributed by atoms with Gasteiger partial charge in [-0.05, 0) is 0 Å². The third-order valence-corrected chi connectivity index (χ3v) is 6.93. The first-order chi connectivity index (χ1) is 7.34. The van der Waals surface area contributed by atoms with E-state index in [1.54, 1.807) is 6.26 Å². The van der Waals surface area contributed by atoms with E-state index in [9.17, 15) is 0 Å². The molecule has 3 nitrogen and oxygen atoms in total. The molecule has 0 atom stereocenters. The maximum atomic E-state index is 5.90. The van der Waals surface area contributed by atoms with Crippen LogP contribution in [0.25, 0.3) is 0 Å². The summed E-state index contributed by atoms with van der Waals surface area (Å²) in [4.78, 5) is 0. The number of hydrogen-bond donors (Lipinski definition) is 0. The second kappa shape index (κ2) is 3.05. The van der Waals surface area contributed by atoms with Gasteiger partial charge in [0.2, 0.25) is 0 Å². The van der Waals surface area contributed by atoms with Gasteiger partial charge in [0.05, 0.1) is 0 Å². The Hall–Kier alpha value is -0.890. The maximum absolute atomic E-state index is 5.90. The van der Waals surface area contributed by atoms with Crippen LogP contribution in [0.2, 0.25) is 0 Å². The molecule has 0 unspecified atom stereocenters. The average Bonchev–Trinajstić information content (AvgIpc) is 2.92. The molecular weight excluding hydrogens is 211 g/mol. The van der Waals surface area contributed by atoms with Crippen LogP contribution in [0.15, 0.2) is 42.7 Å². The van der Waals surface area contributed by atoms with Gasteiger partial charge in [-0.3, -0.25) is 0 Å². The Kier molecular flexibility index (Phi) is 1.90. The van der Waals surface area contributed by atoms with Crippen LogP contribution in [0.3, 0.4) is 0 Å². The summed E-state index contributed by atoms with van der Waals surface area (Å²) >= 11 is 0. The zero-order valence-corrected chi connectivity index (χ0v) is 9.23. The summed E-state index contributed by atoms with van der Waals surface area (Å²) in [7, 11) is -2.98. The van der Waals surface area contributed by atoms with Crippen molar-refractivity contribution in [2.75, 3.05) is 19.4 Å². The van der Waals surface area contributed by atoms with E-state index >= 15 is 0 Å². The summed E-state index contributed by atoms with van der Waals surface area (Å²) in [5.74, 6) is 0. The molecule has 2 heterocycles. The van der Waals surface area contributed by atoms with E-state index in [-0.39, 0.29) is 0 Å². The Morgan fingerprint density at radius 2 is 1.73 bits per heavy atom. The molecule has 15 heavy (non-hydrogen) atoms. The van der Waals surface area contributed by atoms with E-state index in [1.807, 2.05) is 36.4 Å². The average molecular weight is 224 g/mol. The Morgan fingerprint density at radius 1 is 1.00 bits per heavy atom. The van der Waals surface area contributed by atoms with E-state index in [4.69, 9.17) is 13.6 Å². The molecule has 80 valence electrons. The van der Waals surface area contributed by atoms with Crippen LogP contribution in [-0.2, 0) is 13.6 Å². The first-order valence-electron chi connectivity index (χ1n) is 5.05. The van der Waals surface area contributed by atoms with Crippen molar-refractivity contribution in [3.63, 3.8) is 0 Å². The van der Waals surface area contributed by atoms with Crippen molar-refractivity contribution in [2.45, 2.75) is 0 Å². The molecule has 0 saturated carbocycles. The van der Waals surface area contributed by atoms with Crippen molar-refractivity contribution >= 4 is 12.6 Å². The second-order valence-electron chi connectivity index (χ2n) is 3.70. The number of hydrogen-bond acceptors (Lipinski definition) is 3. The topological polar surface area (TPSA) is 27.7 Å². The van der Waals surface area contributed by atoms with Crippen molar-refractivity contribution in [3.8, 4) is 0 Å². The standard InChI is InChI=1S/C11H13O3P/c1-2-5-11(6-3-1)15(10-4-7-12-15)13-8-9-14-15/h1-7H,8-10H2. The molecule has 0 amide bonds. The molecule has 0 radical (unpaired) electrons.